The summed E-state index contributed by atoms with van der Waals surface area (Å²) >= 11 is 11.7. The Morgan fingerprint density at radius 2 is 2.15 bits per heavy atom. The highest BCUT2D eigenvalue weighted by atomic mass is 35.5. The lowest BCUT2D eigenvalue weighted by Crippen LogP contribution is -2.38. The maximum Gasteiger partial charge on any atom is 0.255 e. The molecule has 1 atom stereocenters. The first kappa shape index (κ1) is 18.6. The van der Waals surface area contributed by atoms with E-state index in [1.54, 1.807) is 4.90 Å². The van der Waals surface area contributed by atoms with Crippen molar-refractivity contribution < 1.29 is 9.18 Å². The Hall–Kier alpha value is -1.80. The van der Waals surface area contributed by atoms with Crippen LogP contribution in [-0.2, 0) is 13.0 Å². The number of fused-ring (bicyclic) bond motifs is 1. The highest BCUT2D eigenvalue weighted by molar-refractivity contribution is 6.37. The summed E-state index contributed by atoms with van der Waals surface area (Å²) in [5.74, 6) is -0.441. The summed E-state index contributed by atoms with van der Waals surface area (Å²) in [4.78, 5) is 23.7. The van der Waals surface area contributed by atoms with Gasteiger partial charge in [0.1, 0.15) is 5.82 Å². The number of hydrazine groups is 1. The highest BCUT2D eigenvalue weighted by Gasteiger charge is 2.30. The van der Waals surface area contributed by atoms with E-state index in [1.165, 1.54) is 12.1 Å². The van der Waals surface area contributed by atoms with Crippen LogP contribution in [0.4, 0.5) is 4.39 Å². The Kier molecular flexibility index (Phi) is 5.03. The minimum Gasteiger partial charge on any atom is -0.332 e. The van der Waals surface area contributed by atoms with Crippen LogP contribution in [0, 0.1) is 12.7 Å². The van der Waals surface area contributed by atoms with Crippen molar-refractivity contribution in [1.29, 1.82) is 0 Å². The van der Waals surface area contributed by atoms with E-state index < -0.39 is 5.82 Å². The molecule has 1 fully saturated rings. The Labute approximate surface area is 166 Å². The fraction of sp³-hybridized carbons (Fsp3) is 0.389. The summed E-state index contributed by atoms with van der Waals surface area (Å²) in [5.41, 5.74) is 9.37. The minimum absolute atomic E-state index is 0.105. The second-order valence-corrected chi connectivity index (χ2v) is 7.48. The van der Waals surface area contributed by atoms with Crippen molar-refractivity contribution in [3.63, 3.8) is 0 Å². The molecule has 2 aromatic rings. The SMILES string of the molecule is Cc1nc2c(c(C3CCNN3)n1)CCN(C(=O)c1ccc(Cl)c(F)c1Cl)C2. The predicted octanol–water partition coefficient (Wildman–Crippen LogP) is 2.97. The van der Waals surface area contributed by atoms with Crippen molar-refractivity contribution in [1.82, 2.24) is 25.7 Å². The lowest BCUT2D eigenvalue weighted by Gasteiger charge is -2.30. The van der Waals surface area contributed by atoms with Crippen LogP contribution >= 0.6 is 23.2 Å². The number of rotatable bonds is 2. The van der Waals surface area contributed by atoms with Gasteiger partial charge >= 0.3 is 0 Å². The third kappa shape index (κ3) is 3.40. The summed E-state index contributed by atoms with van der Waals surface area (Å²) < 4.78 is 14.0. The lowest BCUT2D eigenvalue weighted by atomic mass is 9.97. The Morgan fingerprint density at radius 3 is 2.89 bits per heavy atom. The number of carbonyl (C=O) groups excluding carboxylic acids is 1. The van der Waals surface area contributed by atoms with E-state index in [9.17, 15) is 9.18 Å². The normalized spacial score (nSPS) is 19.3. The van der Waals surface area contributed by atoms with Crippen molar-refractivity contribution in [2.45, 2.75) is 32.4 Å². The summed E-state index contributed by atoms with van der Waals surface area (Å²) in [7, 11) is 0. The van der Waals surface area contributed by atoms with Crippen molar-refractivity contribution >= 4 is 29.1 Å². The number of nitrogens with zero attached hydrogens (tertiary/aromatic N) is 3. The molecule has 0 bridgehead atoms. The standard InChI is InChI=1S/C18H18Cl2FN5O/c1-9-23-14-8-26(18(27)11-2-3-12(19)16(21)15(11)20)7-5-10(14)17(24-9)13-4-6-22-25-13/h2-3,13,22,25H,4-8H2,1H3. The summed E-state index contributed by atoms with van der Waals surface area (Å²) in [6.45, 7) is 3.56. The molecule has 9 heteroatoms. The van der Waals surface area contributed by atoms with Crippen LogP contribution in [-0.4, -0.2) is 33.9 Å². The van der Waals surface area contributed by atoms with Gasteiger partial charge in [0.05, 0.1) is 39.6 Å². The molecule has 0 saturated carbocycles. The second kappa shape index (κ2) is 7.31. The molecular formula is C18H18Cl2FN5O. The zero-order valence-electron chi connectivity index (χ0n) is 14.7. The van der Waals surface area contributed by atoms with Crippen LogP contribution in [0.25, 0.3) is 0 Å². The highest BCUT2D eigenvalue weighted by Crippen LogP contribution is 2.30. The Balaban J connectivity index is 1.64. The molecular weight excluding hydrogens is 392 g/mol. The molecule has 3 heterocycles. The quantitative estimate of drug-likeness (QED) is 0.746. The largest absolute Gasteiger partial charge is 0.332 e. The van der Waals surface area contributed by atoms with Gasteiger partial charge in [-0.15, -0.1) is 0 Å². The summed E-state index contributed by atoms with van der Waals surface area (Å²) in [6.07, 6.45) is 1.59. The molecule has 4 rings (SSSR count). The van der Waals surface area contributed by atoms with Crippen LogP contribution in [0.5, 0.6) is 0 Å². The number of hydrogen-bond acceptors (Lipinski definition) is 5. The zero-order valence-corrected chi connectivity index (χ0v) is 16.2. The van der Waals surface area contributed by atoms with E-state index in [0.717, 1.165) is 29.9 Å². The van der Waals surface area contributed by atoms with Crippen molar-refractivity contribution in [2.75, 3.05) is 13.1 Å². The summed E-state index contributed by atoms with van der Waals surface area (Å²) in [5, 5.41) is -0.356. The number of amides is 1. The Bertz CT molecular complexity index is 917. The van der Waals surface area contributed by atoms with Crippen molar-refractivity contribution in [3.05, 3.63) is 56.3 Å². The predicted molar refractivity (Wildman–Crippen MR) is 100 cm³/mol. The first-order chi connectivity index (χ1) is 13.0. The van der Waals surface area contributed by atoms with E-state index in [4.69, 9.17) is 23.2 Å². The van der Waals surface area contributed by atoms with Gasteiger partial charge in [0, 0.05) is 18.7 Å². The summed E-state index contributed by atoms with van der Waals surface area (Å²) in [6, 6.07) is 2.94. The number of nitrogens with one attached hydrogen (secondary N) is 2. The van der Waals surface area contributed by atoms with Gasteiger partial charge in [-0.1, -0.05) is 23.2 Å². The van der Waals surface area contributed by atoms with Gasteiger partial charge in [0.25, 0.3) is 5.91 Å². The molecule has 2 aliphatic heterocycles. The molecule has 27 heavy (non-hydrogen) atoms. The van der Waals surface area contributed by atoms with Crippen molar-refractivity contribution in [2.24, 2.45) is 0 Å². The third-order valence-corrected chi connectivity index (χ3v) is 5.59. The van der Waals surface area contributed by atoms with Gasteiger partial charge in [-0.2, -0.15) is 0 Å². The van der Waals surface area contributed by atoms with E-state index in [-0.39, 0.29) is 27.6 Å². The van der Waals surface area contributed by atoms with Crippen molar-refractivity contribution in [3.8, 4) is 0 Å². The molecule has 1 amide bonds. The average molecular weight is 410 g/mol. The van der Waals surface area contributed by atoms with Gasteiger partial charge in [0.2, 0.25) is 0 Å². The van der Waals surface area contributed by atoms with Gasteiger partial charge in [-0.3, -0.25) is 10.2 Å². The number of hydrogen-bond donors (Lipinski definition) is 2. The number of carbonyl (C=O) groups is 1. The maximum absolute atomic E-state index is 14.0. The number of aromatic nitrogens is 2. The van der Waals surface area contributed by atoms with Gasteiger partial charge in [0.15, 0.2) is 5.82 Å². The smallest absolute Gasteiger partial charge is 0.255 e. The zero-order chi connectivity index (χ0) is 19.1. The van der Waals surface area contributed by atoms with E-state index >= 15 is 0 Å². The van der Waals surface area contributed by atoms with E-state index in [0.29, 0.717) is 25.3 Å². The Morgan fingerprint density at radius 1 is 1.33 bits per heavy atom. The van der Waals surface area contributed by atoms with Crippen LogP contribution in [0.2, 0.25) is 10.0 Å². The maximum atomic E-state index is 14.0. The average Bonchev–Trinajstić information content (AvgIpc) is 3.19. The van der Waals surface area contributed by atoms with Crippen LogP contribution in [0.3, 0.4) is 0 Å². The first-order valence-corrected chi connectivity index (χ1v) is 9.48. The third-order valence-electron chi connectivity index (χ3n) is 4.93. The van der Waals surface area contributed by atoms with Gasteiger partial charge in [-0.25, -0.2) is 19.8 Å². The topological polar surface area (TPSA) is 70.2 Å². The molecule has 0 aliphatic carbocycles. The number of halogens is 3. The molecule has 1 unspecified atom stereocenters. The van der Waals surface area contributed by atoms with Crippen LogP contribution < -0.4 is 10.9 Å². The fourth-order valence-electron chi connectivity index (χ4n) is 3.60. The van der Waals surface area contributed by atoms with Crippen LogP contribution in [0.1, 0.15) is 45.6 Å². The molecule has 6 nitrogen and oxygen atoms in total. The molecule has 142 valence electrons. The molecule has 1 aromatic heterocycles. The van der Waals surface area contributed by atoms with Crippen LogP contribution in [0.15, 0.2) is 12.1 Å². The van der Waals surface area contributed by atoms with Gasteiger partial charge < -0.3 is 4.90 Å². The number of aryl methyl sites for hydroxylation is 1. The first-order valence-electron chi connectivity index (χ1n) is 8.73. The molecule has 1 saturated heterocycles. The molecule has 2 aliphatic rings. The molecule has 0 spiro atoms. The molecule has 1 aromatic carbocycles. The molecule has 0 radical (unpaired) electrons. The number of benzene rings is 1. The monoisotopic (exact) mass is 409 g/mol. The lowest BCUT2D eigenvalue weighted by molar-refractivity contribution is 0.0730. The van der Waals surface area contributed by atoms with E-state index in [2.05, 4.69) is 20.8 Å². The van der Waals surface area contributed by atoms with Gasteiger partial charge in [-0.05, 0) is 31.9 Å². The molecule has 2 N–H and O–H groups in total. The van der Waals surface area contributed by atoms with E-state index in [1.807, 2.05) is 6.92 Å². The second-order valence-electron chi connectivity index (χ2n) is 6.69. The fourth-order valence-corrected chi connectivity index (χ4v) is 4.05. The minimum atomic E-state index is -0.776.